The van der Waals surface area contributed by atoms with E-state index in [-0.39, 0.29) is 18.6 Å². The zero-order valence-corrected chi connectivity index (χ0v) is 14.7. The Morgan fingerprint density at radius 1 is 1.32 bits per heavy atom. The normalized spacial score (nSPS) is 18.2. The van der Waals surface area contributed by atoms with Gasteiger partial charge in [0.05, 0.1) is 12.2 Å². The molecule has 1 amide bonds. The van der Waals surface area contributed by atoms with Gasteiger partial charge in [-0.25, -0.2) is 0 Å². The Morgan fingerprint density at radius 2 is 2.12 bits per heavy atom. The van der Waals surface area contributed by atoms with E-state index < -0.39 is 0 Å². The molecule has 1 fully saturated rings. The summed E-state index contributed by atoms with van der Waals surface area (Å²) in [6, 6.07) is 11.7. The predicted octanol–water partition coefficient (Wildman–Crippen LogP) is 2.83. The fourth-order valence-electron chi connectivity index (χ4n) is 3.46. The first-order valence-corrected chi connectivity index (χ1v) is 8.98. The average Bonchev–Trinajstić information content (AvgIpc) is 3.05. The highest BCUT2D eigenvalue weighted by Crippen LogP contribution is 2.27. The van der Waals surface area contributed by atoms with Gasteiger partial charge in [-0.05, 0) is 32.4 Å². The Labute approximate surface area is 148 Å². The highest BCUT2D eigenvalue weighted by atomic mass is 16.3. The molecule has 0 bridgehead atoms. The van der Waals surface area contributed by atoms with E-state index in [1.54, 1.807) is 6.07 Å². The van der Waals surface area contributed by atoms with Gasteiger partial charge in [0.15, 0.2) is 0 Å². The van der Waals surface area contributed by atoms with Gasteiger partial charge in [-0.1, -0.05) is 36.8 Å². The summed E-state index contributed by atoms with van der Waals surface area (Å²) >= 11 is 0. The Kier molecular flexibility index (Phi) is 5.89. The largest absolute Gasteiger partial charge is 0.461 e. The molecule has 2 heterocycles. The van der Waals surface area contributed by atoms with Crippen molar-refractivity contribution in [2.75, 3.05) is 26.2 Å². The highest BCUT2D eigenvalue weighted by molar-refractivity contribution is 5.99. The first-order chi connectivity index (χ1) is 12.2. The number of likely N-dealkylation sites (tertiary alicyclic amines) is 1. The average molecular weight is 342 g/mol. The Morgan fingerprint density at radius 3 is 2.88 bits per heavy atom. The lowest BCUT2D eigenvalue weighted by molar-refractivity contribution is 0.0849. The molecule has 0 saturated carbocycles. The molecule has 1 aromatic carbocycles. The van der Waals surface area contributed by atoms with Gasteiger partial charge in [-0.3, -0.25) is 9.69 Å². The van der Waals surface area contributed by atoms with Crippen molar-refractivity contribution >= 4 is 5.91 Å². The number of aryl methyl sites for hydroxylation is 1. The third-order valence-electron chi connectivity index (χ3n) is 4.78. The van der Waals surface area contributed by atoms with Crippen LogP contribution in [0.25, 0.3) is 11.3 Å². The van der Waals surface area contributed by atoms with Crippen molar-refractivity contribution in [1.82, 2.24) is 10.2 Å². The van der Waals surface area contributed by atoms with E-state index in [4.69, 9.17) is 4.42 Å². The Bertz CT molecular complexity index is 696. The van der Waals surface area contributed by atoms with Crippen LogP contribution in [0.5, 0.6) is 0 Å². The van der Waals surface area contributed by atoms with Crippen LogP contribution in [0.2, 0.25) is 0 Å². The summed E-state index contributed by atoms with van der Waals surface area (Å²) in [6.45, 7) is 4.35. The van der Waals surface area contributed by atoms with Gasteiger partial charge in [-0.2, -0.15) is 0 Å². The predicted molar refractivity (Wildman–Crippen MR) is 97.5 cm³/mol. The van der Waals surface area contributed by atoms with Gasteiger partial charge < -0.3 is 14.8 Å². The topological polar surface area (TPSA) is 65.7 Å². The summed E-state index contributed by atoms with van der Waals surface area (Å²) in [6.07, 6.45) is 3.36. The van der Waals surface area contributed by atoms with Crippen LogP contribution in [-0.2, 0) is 0 Å². The monoisotopic (exact) mass is 342 g/mol. The van der Waals surface area contributed by atoms with Crippen molar-refractivity contribution in [1.29, 1.82) is 0 Å². The molecule has 1 atom stereocenters. The smallest absolute Gasteiger partial charge is 0.255 e. The zero-order valence-electron chi connectivity index (χ0n) is 14.7. The second-order valence-electron chi connectivity index (χ2n) is 6.59. The molecule has 25 heavy (non-hydrogen) atoms. The minimum Gasteiger partial charge on any atom is -0.461 e. The van der Waals surface area contributed by atoms with Crippen LogP contribution in [0.4, 0.5) is 0 Å². The number of rotatable bonds is 6. The Hall–Kier alpha value is -2.11. The molecule has 134 valence electrons. The lowest BCUT2D eigenvalue weighted by Gasteiger charge is -2.34. The standard InChI is InChI=1S/C20H26N2O3/c1-15-13-18(19(25-15)16-7-3-2-4-8-16)20(24)21-10-12-22-11-6-5-9-17(22)14-23/h2-4,7-8,13,17,23H,5-6,9-12,14H2,1H3,(H,21,24)/t17-/m1/s1. The number of nitrogens with one attached hydrogen (secondary N) is 1. The van der Waals surface area contributed by atoms with Crippen LogP contribution in [-0.4, -0.2) is 48.2 Å². The molecular weight excluding hydrogens is 316 g/mol. The zero-order chi connectivity index (χ0) is 17.6. The van der Waals surface area contributed by atoms with E-state index in [9.17, 15) is 9.90 Å². The number of piperidine rings is 1. The van der Waals surface area contributed by atoms with Gasteiger partial charge in [0, 0.05) is 24.7 Å². The van der Waals surface area contributed by atoms with Crippen molar-refractivity contribution in [3.63, 3.8) is 0 Å². The van der Waals surface area contributed by atoms with Crippen LogP contribution < -0.4 is 5.32 Å². The number of hydrogen-bond acceptors (Lipinski definition) is 4. The number of nitrogens with zero attached hydrogens (tertiary/aromatic N) is 1. The molecule has 1 aromatic heterocycles. The number of amides is 1. The van der Waals surface area contributed by atoms with E-state index in [1.807, 2.05) is 37.3 Å². The first-order valence-electron chi connectivity index (χ1n) is 8.98. The van der Waals surface area contributed by atoms with Crippen molar-refractivity contribution in [2.24, 2.45) is 0 Å². The third-order valence-corrected chi connectivity index (χ3v) is 4.78. The number of hydrogen-bond donors (Lipinski definition) is 2. The number of benzene rings is 1. The maximum absolute atomic E-state index is 12.6. The Balaban J connectivity index is 1.62. The SMILES string of the molecule is Cc1cc(C(=O)NCCN2CCCC[C@@H]2CO)c(-c2ccccc2)o1. The van der Waals surface area contributed by atoms with Crippen LogP contribution in [0.1, 0.15) is 35.4 Å². The summed E-state index contributed by atoms with van der Waals surface area (Å²) < 4.78 is 5.75. The van der Waals surface area contributed by atoms with Crippen molar-refractivity contribution < 1.29 is 14.3 Å². The lowest BCUT2D eigenvalue weighted by Crippen LogP contribution is -2.45. The molecule has 2 aromatic rings. The number of carbonyl (C=O) groups excluding carboxylic acids is 1. The van der Waals surface area contributed by atoms with Crippen LogP contribution >= 0.6 is 0 Å². The molecule has 5 nitrogen and oxygen atoms in total. The molecule has 0 unspecified atom stereocenters. The quantitative estimate of drug-likeness (QED) is 0.847. The van der Waals surface area contributed by atoms with Gasteiger partial charge >= 0.3 is 0 Å². The van der Waals surface area contributed by atoms with E-state index in [0.717, 1.165) is 37.3 Å². The molecular formula is C20H26N2O3. The molecule has 3 rings (SSSR count). The molecule has 0 spiro atoms. The number of aliphatic hydroxyl groups is 1. The summed E-state index contributed by atoms with van der Waals surface area (Å²) in [5.41, 5.74) is 1.47. The van der Waals surface area contributed by atoms with Crippen LogP contribution in [0.3, 0.4) is 0 Å². The number of furan rings is 1. The van der Waals surface area contributed by atoms with Crippen molar-refractivity contribution in [2.45, 2.75) is 32.2 Å². The molecule has 0 aliphatic carbocycles. The maximum atomic E-state index is 12.6. The summed E-state index contributed by atoms with van der Waals surface area (Å²) in [5.74, 6) is 1.22. The molecule has 5 heteroatoms. The minimum atomic E-state index is -0.117. The highest BCUT2D eigenvalue weighted by Gasteiger charge is 2.22. The van der Waals surface area contributed by atoms with Gasteiger partial charge in [0.25, 0.3) is 5.91 Å². The summed E-state index contributed by atoms with van der Waals surface area (Å²) in [7, 11) is 0. The van der Waals surface area contributed by atoms with Crippen LogP contribution in [0.15, 0.2) is 40.8 Å². The second-order valence-corrected chi connectivity index (χ2v) is 6.59. The van der Waals surface area contributed by atoms with E-state index in [1.165, 1.54) is 6.42 Å². The fraction of sp³-hybridized carbons (Fsp3) is 0.450. The fourth-order valence-corrected chi connectivity index (χ4v) is 3.46. The maximum Gasteiger partial charge on any atom is 0.255 e. The van der Waals surface area contributed by atoms with Gasteiger partial charge in [-0.15, -0.1) is 0 Å². The van der Waals surface area contributed by atoms with E-state index in [2.05, 4.69) is 10.2 Å². The lowest BCUT2D eigenvalue weighted by atomic mass is 10.0. The minimum absolute atomic E-state index is 0.117. The van der Waals surface area contributed by atoms with Crippen molar-refractivity contribution in [3.8, 4) is 11.3 Å². The molecule has 0 radical (unpaired) electrons. The molecule has 1 aliphatic rings. The van der Waals surface area contributed by atoms with E-state index >= 15 is 0 Å². The second kappa shape index (κ2) is 8.32. The number of aliphatic hydroxyl groups excluding tert-OH is 1. The summed E-state index contributed by atoms with van der Waals surface area (Å²) in [4.78, 5) is 14.9. The van der Waals surface area contributed by atoms with Crippen LogP contribution in [0, 0.1) is 6.92 Å². The van der Waals surface area contributed by atoms with Crippen molar-refractivity contribution in [3.05, 3.63) is 47.7 Å². The van der Waals surface area contributed by atoms with Gasteiger partial charge in [0.2, 0.25) is 0 Å². The first kappa shape index (κ1) is 17.7. The molecule has 1 aliphatic heterocycles. The molecule has 2 N–H and O–H groups in total. The molecule has 1 saturated heterocycles. The van der Waals surface area contributed by atoms with Gasteiger partial charge in [0.1, 0.15) is 11.5 Å². The third kappa shape index (κ3) is 4.30. The number of carbonyl (C=O) groups is 1. The summed E-state index contributed by atoms with van der Waals surface area (Å²) in [5, 5.41) is 12.5. The van der Waals surface area contributed by atoms with E-state index in [0.29, 0.717) is 17.9 Å².